The van der Waals surface area contributed by atoms with E-state index in [2.05, 4.69) is 29.4 Å². The van der Waals surface area contributed by atoms with Crippen LogP contribution in [0.2, 0.25) is 0 Å². The van der Waals surface area contributed by atoms with Gasteiger partial charge in [0.1, 0.15) is 0 Å². The van der Waals surface area contributed by atoms with Gasteiger partial charge in [0.2, 0.25) is 0 Å². The second kappa shape index (κ2) is 5.30. The van der Waals surface area contributed by atoms with E-state index in [9.17, 15) is 0 Å². The molecular formula is C15H21N3OS. The fraction of sp³-hybridized carbons (Fsp3) is 0.600. The summed E-state index contributed by atoms with van der Waals surface area (Å²) < 4.78 is 5.43. The normalized spacial score (nSPS) is 26.9. The predicted molar refractivity (Wildman–Crippen MR) is 80.5 cm³/mol. The van der Waals surface area contributed by atoms with Crippen molar-refractivity contribution in [2.24, 2.45) is 11.7 Å². The molecule has 20 heavy (non-hydrogen) atoms. The molecule has 0 aromatic carbocycles. The van der Waals surface area contributed by atoms with E-state index in [1.807, 2.05) is 5.38 Å². The minimum absolute atomic E-state index is 0.405. The Morgan fingerprint density at radius 2 is 2.15 bits per heavy atom. The van der Waals surface area contributed by atoms with E-state index in [0.29, 0.717) is 11.7 Å². The van der Waals surface area contributed by atoms with E-state index in [4.69, 9.17) is 10.3 Å². The SMILES string of the molecule is CCC1CCC(N)(c2noc(-c3cscc3C)n2)CC1. The zero-order valence-corrected chi connectivity index (χ0v) is 12.9. The van der Waals surface area contributed by atoms with Gasteiger partial charge in [0.25, 0.3) is 5.89 Å². The van der Waals surface area contributed by atoms with Crippen LogP contribution in [0.1, 0.15) is 50.4 Å². The molecule has 0 spiro atoms. The highest BCUT2D eigenvalue weighted by molar-refractivity contribution is 7.08. The molecule has 2 heterocycles. The highest BCUT2D eigenvalue weighted by Crippen LogP contribution is 2.38. The summed E-state index contributed by atoms with van der Waals surface area (Å²) in [6, 6.07) is 0. The van der Waals surface area contributed by atoms with Gasteiger partial charge in [0.15, 0.2) is 5.82 Å². The molecule has 0 amide bonds. The van der Waals surface area contributed by atoms with Crippen LogP contribution in [0, 0.1) is 12.8 Å². The number of nitrogens with zero attached hydrogens (tertiary/aromatic N) is 2. The molecule has 1 aliphatic rings. The first kappa shape index (κ1) is 13.8. The van der Waals surface area contributed by atoms with Crippen molar-refractivity contribution in [1.29, 1.82) is 0 Å². The molecule has 1 fully saturated rings. The second-order valence-corrected chi connectivity index (χ2v) is 6.64. The molecule has 0 bridgehead atoms. The molecular weight excluding hydrogens is 270 g/mol. The third-order valence-corrected chi connectivity index (χ3v) is 5.39. The Morgan fingerprint density at radius 3 is 2.75 bits per heavy atom. The number of rotatable bonds is 3. The zero-order valence-electron chi connectivity index (χ0n) is 12.1. The Kier molecular flexibility index (Phi) is 3.65. The van der Waals surface area contributed by atoms with Gasteiger partial charge in [-0.15, -0.1) is 0 Å². The fourth-order valence-corrected chi connectivity index (χ4v) is 3.76. The molecule has 3 rings (SSSR count). The standard InChI is InChI=1S/C15H21N3OS/c1-3-11-4-6-15(16,7-5-11)14-17-13(19-18-14)12-9-20-8-10(12)2/h8-9,11H,3-7,16H2,1-2H3. The Bertz CT molecular complexity index is 581. The van der Waals surface area contributed by atoms with E-state index in [1.54, 1.807) is 11.3 Å². The summed E-state index contributed by atoms with van der Waals surface area (Å²) in [6.45, 7) is 4.31. The first-order chi connectivity index (χ1) is 9.62. The number of aromatic nitrogens is 2. The maximum absolute atomic E-state index is 6.52. The van der Waals surface area contributed by atoms with Crippen LogP contribution in [-0.4, -0.2) is 10.1 Å². The molecule has 0 saturated heterocycles. The van der Waals surface area contributed by atoms with Crippen LogP contribution in [-0.2, 0) is 5.54 Å². The van der Waals surface area contributed by atoms with Gasteiger partial charge in [-0.2, -0.15) is 16.3 Å². The highest BCUT2D eigenvalue weighted by Gasteiger charge is 2.37. The van der Waals surface area contributed by atoms with Crippen molar-refractivity contribution in [2.45, 2.75) is 51.5 Å². The molecule has 5 heteroatoms. The summed E-state index contributed by atoms with van der Waals surface area (Å²) >= 11 is 1.65. The Morgan fingerprint density at radius 1 is 1.40 bits per heavy atom. The maximum Gasteiger partial charge on any atom is 0.259 e. The molecule has 1 saturated carbocycles. The van der Waals surface area contributed by atoms with Crippen LogP contribution in [0.15, 0.2) is 15.3 Å². The monoisotopic (exact) mass is 291 g/mol. The van der Waals surface area contributed by atoms with Gasteiger partial charge in [0.05, 0.1) is 11.1 Å². The van der Waals surface area contributed by atoms with E-state index in [-0.39, 0.29) is 0 Å². The average Bonchev–Trinajstić information content (AvgIpc) is 3.08. The van der Waals surface area contributed by atoms with Crippen molar-refractivity contribution in [3.05, 3.63) is 22.1 Å². The molecule has 2 N–H and O–H groups in total. The van der Waals surface area contributed by atoms with Crippen molar-refractivity contribution >= 4 is 11.3 Å². The summed E-state index contributed by atoms with van der Waals surface area (Å²) in [5.41, 5.74) is 8.31. The summed E-state index contributed by atoms with van der Waals surface area (Å²) in [5.74, 6) is 2.08. The van der Waals surface area contributed by atoms with Crippen LogP contribution in [0.25, 0.3) is 11.5 Å². The van der Waals surface area contributed by atoms with Crippen LogP contribution in [0.3, 0.4) is 0 Å². The molecule has 108 valence electrons. The van der Waals surface area contributed by atoms with Gasteiger partial charge in [-0.25, -0.2) is 0 Å². The van der Waals surface area contributed by atoms with Crippen molar-refractivity contribution in [3.63, 3.8) is 0 Å². The molecule has 0 unspecified atom stereocenters. The molecule has 0 radical (unpaired) electrons. The summed E-state index contributed by atoms with van der Waals surface area (Å²) in [6.07, 6.45) is 5.46. The largest absolute Gasteiger partial charge is 0.334 e. The lowest BCUT2D eigenvalue weighted by Gasteiger charge is -2.34. The molecule has 0 aliphatic heterocycles. The first-order valence-corrected chi connectivity index (χ1v) is 8.23. The highest BCUT2D eigenvalue weighted by atomic mass is 32.1. The van der Waals surface area contributed by atoms with Gasteiger partial charge < -0.3 is 10.3 Å². The first-order valence-electron chi connectivity index (χ1n) is 7.28. The van der Waals surface area contributed by atoms with E-state index in [0.717, 1.165) is 37.2 Å². The van der Waals surface area contributed by atoms with Crippen LogP contribution in [0.4, 0.5) is 0 Å². The Hall–Kier alpha value is -1.20. The predicted octanol–water partition coefficient (Wildman–Crippen LogP) is 3.86. The van der Waals surface area contributed by atoms with Crippen molar-refractivity contribution < 1.29 is 4.52 Å². The molecule has 2 aromatic heterocycles. The van der Waals surface area contributed by atoms with Crippen LogP contribution < -0.4 is 5.73 Å². The third kappa shape index (κ3) is 2.40. The fourth-order valence-electron chi connectivity index (χ4n) is 2.94. The van der Waals surface area contributed by atoms with E-state index in [1.165, 1.54) is 12.0 Å². The van der Waals surface area contributed by atoms with Gasteiger partial charge >= 0.3 is 0 Å². The van der Waals surface area contributed by atoms with Crippen LogP contribution in [0.5, 0.6) is 0 Å². The van der Waals surface area contributed by atoms with E-state index >= 15 is 0 Å². The minimum Gasteiger partial charge on any atom is -0.334 e. The lowest BCUT2D eigenvalue weighted by molar-refractivity contribution is 0.216. The number of nitrogens with two attached hydrogens (primary N) is 1. The lowest BCUT2D eigenvalue weighted by atomic mass is 9.76. The smallest absolute Gasteiger partial charge is 0.259 e. The summed E-state index contributed by atoms with van der Waals surface area (Å²) in [7, 11) is 0. The molecule has 1 aliphatic carbocycles. The summed E-state index contributed by atoms with van der Waals surface area (Å²) in [5, 5.41) is 8.29. The topological polar surface area (TPSA) is 64.9 Å². The number of hydrogen-bond donors (Lipinski definition) is 1. The van der Waals surface area contributed by atoms with Gasteiger partial charge in [-0.3, -0.25) is 0 Å². The number of aryl methyl sites for hydroxylation is 1. The maximum atomic E-state index is 6.52. The molecule has 4 nitrogen and oxygen atoms in total. The second-order valence-electron chi connectivity index (χ2n) is 5.90. The van der Waals surface area contributed by atoms with Gasteiger partial charge in [-0.05, 0) is 49.5 Å². The van der Waals surface area contributed by atoms with E-state index < -0.39 is 5.54 Å². The average molecular weight is 291 g/mol. The minimum atomic E-state index is -0.405. The van der Waals surface area contributed by atoms with Gasteiger partial charge in [0, 0.05) is 5.38 Å². The number of hydrogen-bond acceptors (Lipinski definition) is 5. The molecule has 0 atom stereocenters. The zero-order chi connectivity index (χ0) is 14.2. The third-order valence-electron chi connectivity index (χ3n) is 4.53. The van der Waals surface area contributed by atoms with Crippen LogP contribution >= 0.6 is 11.3 Å². The van der Waals surface area contributed by atoms with Crippen molar-refractivity contribution in [1.82, 2.24) is 10.1 Å². The summed E-state index contributed by atoms with van der Waals surface area (Å²) in [4.78, 5) is 4.56. The Labute approximate surface area is 123 Å². The Balaban J connectivity index is 1.82. The molecule has 2 aromatic rings. The number of thiophene rings is 1. The van der Waals surface area contributed by atoms with Crippen molar-refractivity contribution in [3.8, 4) is 11.5 Å². The quantitative estimate of drug-likeness (QED) is 0.932. The van der Waals surface area contributed by atoms with Gasteiger partial charge in [-0.1, -0.05) is 18.5 Å². The lowest BCUT2D eigenvalue weighted by Crippen LogP contribution is -2.41. The van der Waals surface area contributed by atoms with Crippen molar-refractivity contribution in [2.75, 3.05) is 0 Å².